The second kappa shape index (κ2) is 6.13. The van der Waals surface area contributed by atoms with Crippen LogP contribution >= 0.6 is 0 Å². The Labute approximate surface area is 126 Å². The van der Waals surface area contributed by atoms with Crippen molar-refractivity contribution in [1.29, 1.82) is 0 Å². The fourth-order valence-corrected chi connectivity index (χ4v) is 2.50. The predicted molar refractivity (Wildman–Crippen MR) is 77.5 cm³/mol. The molecule has 0 fully saturated rings. The maximum absolute atomic E-state index is 13.6. The van der Waals surface area contributed by atoms with Crippen LogP contribution < -0.4 is 10.1 Å². The average molecular weight is 303 g/mol. The summed E-state index contributed by atoms with van der Waals surface area (Å²) in [6.07, 6.45) is 1.06. The summed E-state index contributed by atoms with van der Waals surface area (Å²) in [6, 6.07) is 9.10. The first kappa shape index (κ1) is 14.5. The minimum atomic E-state index is -0.621. The van der Waals surface area contributed by atoms with E-state index in [1.807, 2.05) is 12.1 Å². The Morgan fingerprint density at radius 1 is 1.09 bits per heavy atom. The molecular formula is C17H15F2NO2. The summed E-state index contributed by atoms with van der Waals surface area (Å²) in [7, 11) is 0. The average Bonchev–Trinajstić information content (AvgIpc) is 2.67. The van der Waals surface area contributed by atoms with Crippen molar-refractivity contribution in [2.24, 2.45) is 0 Å². The lowest BCUT2D eigenvalue weighted by Crippen LogP contribution is -2.24. The molecular weight excluding hydrogens is 288 g/mol. The summed E-state index contributed by atoms with van der Waals surface area (Å²) in [4.78, 5) is 11.5. The molecule has 114 valence electrons. The lowest BCUT2D eigenvalue weighted by atomic mass is 10.0. The van der Waals surface area contributed by atoms with E-state index in [0.717, 1.165) is 11.1 Å². The third-order valence-corrected chi connectivity index (χ3v) is 3.69. The molecule has 1 N–H and O–H groups in total. The number of ether oxygens (including phenoxy) is 1. The summed E-state index contributed by atoms with van der Waals surface area (Å²) in [5.41, 5.74) is 1.89. The van der Waals surface area contributed by atoms with Crippen LogP contribution in [-0.4, -0.2) is 12.5 Å². The smallest absolute Gasteiger partial charge is 0.224 e. The van der Waals surface area contributed by atoms with Gasteiger partial charge in [-0.15, -0.1) is 0 Å². The SMILES string of the molecule is O=C1Cc2ccc(OCc3c(F)cccc3F)cc2CCN1. The Bertz CT molecular complexity index is 696. The molecule has 0 aliphatic carbocycles. The number of fused-ring (bicyclic) bond motifs is 1. The van der Waals surface area contributed by atoms with Gasteiger partial charge in [-0.3, -0.25) is 4.79 Å². The highest BCUT2D eigenvalue weighted by Crippen LogP contribution is 2.22. The van der Waals surface area contributed by atoms with Gasteiger partial charge in [0.05, 0.1) is 12.0 Å². The standard InChI is InChI=1S/C17H15F2NO2/c18-15-2-1-3-16(19)14(15)10-22-13-5-4-11-9-17(21)20-7-6-12(11)8-13/h1-5,8H,6-7,9-10H2,(H,20,21). The van der Waals surface area contributed by atoms with Crippen LogP contribution in [-0.2, 0) is 24.2 Å². The van der Waals surface area contributed by atoms with Gasteiger partial charge in [0.25, 0.3) is 0 Å². The fourth-order valence-electron chi connectivity index (χ4n) is 2.50. The van der Waals surface area contributed by atoms with Crippen molar-refractivity contribution >= 4 is 5.91 Å². The van der Waals surface area contributed by atoms with E-state index < -0.39 is 11.6 Å². The Kier molecular flexibility index (Phi) is 4.04. The van der Waals surface area contributed by atoms with E-state index in [0.29, 0.717) is 25.1 Å². The van der Waals surface area contributed by atoms with Gasteiger partial charge in [-0.25, -0.2) is 8.78 Å². The predicted octanol–water partition coefficient (Wildman–Crippen LogP) is 2.76. The van der Waals surface area contributed by atoms with Crippen LogP contribution in [0.3, 0.4) is 0 Å². The Morgan fingerprint density at radius 3 is 2.64 bits per heavy atom. The minimum absolute atomic E-state index is 0.000783. The molecule has 3 rings (SSSR count). The van der Waals surface area contributed by atoms with Gasteiger partial charge in [0.2, 0.25) is 5.91 Å². The van der Waals surface area contributed by atoms with Crippen molar-refractivity contribution in [2.45, 2.75) is 19.4 Å². The Hall–Kier alpha value is -2.43. The van der Waals surface area contributed by atoms with Gasteiger partial charge in [-0.05, 0) is 41.8 Å². The number of hydrogen-bond donors (Lipinski definition) is 1. The summed E-state index contributed by atoms with van der Waals surface area (Å²) in [5.74, 6) is -0.703. The van der Waals surface area contributed by atoms with E-state index in [-0.39, 0.29) is 18.1 Å². The number of carbonyl (C=O) groups excluding carboxylic acids is 1. The van der Waals surface area contributed by atoms with Crippen molar-refractivity contribution in [3.63, 3.8) is 0 Å². The van der Waals surface area contributed by atoms with E-state index in [9.17, 15) is 13.6 Å². The topological polar surface area (TPSA) is 38.3 Å². The molecule has 0 radical (unpaired) electrons. The molecule has 0 atom stereocenters. The van der Waals surface area contributed by atoms with Crippen LogP contribution in [0, 0.1) is 11.6 Å². The second-order valence-electron chi connectivity index (χ2n) is 5.20. The van der Waals surface area contributed by atoms with Gasteiger partial charge in [-0.1, -0.05) is 12.1 Å². The van der Waals surface area contributed by atoms with Gasteiger partial charge in [0, 0.05) is 6.54 Å². The Morgan fingerprint density at radius 2 is 1.86 bits per heavy atom. The molecule has 3 nitrogen and oxygen atoms in total. The molecule has 0 unspecified atom stereocenters. The van der Waals surface area contributed by atoms with Gasteiger partial charge < -0.3 is 10.1 Å². The quantitative estimate of drug-likeness (QED) is 0.947. The van der Waals surface area contributed by atoms with Gasteiger partial charge >= 0.3 is 0 Å². The van der Waals surface area contributed by atoms with E-state index in [4.69, 9.17) is 4.74 Å². The van der Waals surface area contributed by atoms with Crippen LogP contribution in [0.5, 0.6) is 5.75 Å². The molecule has 22 heavy (non-hydrogen) atoms. The van der Waals surface area contributed by atoms with Crippen LogP contribution in [0.25, 0.3) is 0 Å². The molecule has 2 aromatic rings. The monoisotopic (exact) mass is 303 g/mol. The number of amides is 1. The van der Waals surface area contributed by atoms with E-state index in [1.165, 1.54) is 18.2 Å². The molecule has 0 saturated heterocycles. The van der Waals surface area contributed by atoms with Crippen molar-refractivity contribution in [2.75, 3.05) is 6.54 Å². The zero-order valence-corrected chi connectivity index (χ0v) is 11.9. The summed E-state index contributed by atoms with van der Waals surface area (Å²) in [5, 5.41) is 2.80. The van der Waals surface area contributed by atoms with E-state index in [2.05, 4.69) is 5.32 Å². The molecule has 1 heterocycles. The molecule has 0 spiro atoms. The van der Waals surface area contributed by atoms with E-state index >= 15 is 0 Å². The minimum Gasteiger partial charge on any atom is -0.489 e. The maximum atomic E-state index is 13.6. The maximum Gasteiger partial charge on any atom is 0.224 e. The van der Waals surface area contributed by atoms with Crippen LogP contribution in [0.2, 0.25) is 0 Å². The highest BCUT2D eigenvalue weighted by atomic mass is 19.1. The second-order valence-corrected chi connectivity index (χ2v) is 5.20. The lowest BCUT2D eigenvalue weighted by Gasteiger charge is -2.11. The molecule has 1 aliphatic heterocycles. The number of rotatable bonds is 3. The summed E-state index contributed by atoms with van der Waals surface area (Å²) < 4.78 is 32.6. The zero-order chi connectivity index (χ0) is 15.5. The number of hydrogen-bond acceptors (Lipinski definition) is 2. The zero-order valence-electron chi connectivity index (χ0n) is 11.9. The molecule has 1 aliphatic rings. The number of carbonyl (C=O) groups is 1. The third-order valence-electron chi connectivity index (χ3n) is 3.69. The third kappa shape index (κ3) is 3.08. The van der Waals surface area contributed by atoms with Crippen molar-refractivity contribution in [3.05, 3.63) is 64.7 Å². The molecule has 0 saturated carbocycles. The van der Waals surface area contributed by atoms with Gasteiger partial charge in [0.1, 0.15) is 24.0 Å². The number of nitrogens with one attached hydrogen (secondary N) is 1. The molecule has 5 heteroatoms. The van der Waals surface area contributed by atoms with Crippen molar-refractivity contribution in [3.8, 4) is 5.75 Å². The highest BCUT2D eigenvalue weighted by Gasteiger charge is 2.14. The summed E-state index contributed by atoms with van der Waals surface area (Å²) in [6.45, 7) is 0.408. The first-order valence-corrected chi connectivity index (χ1v) is 7.07. The van der Waals surface area contributed by atoms with Crippen LogP contribution in [0.4, 0.5) is 8.78 Å². The van der Waals surface area contributed by atoms with Gasteiger partial charge in [-0.2, -0.15) is 0 Å². The highest BCUT2D eigenvalue weighted by molar-refractivity contribution is 5.79. The number of benzene rings is 2. The van der Waals surface area contributed by atoms with E-state index in [1.54, 1.807) is 6.07 Å². The van der Waals surface area contributed by atoms with Crippen molar-refractivity contribution in [1.82, 2.24) is 5.32 Å². The molecule has 1 amide bonds. The first-order chi connectivity index (χ1) is 10.6. The molecule has 0 bridgehead atoms. The van der Waals surface area contributed by atoms with Gasteiger partial charge in [0.15, 0.2) is 0 Å². The first-order valence-electron chi connectivity index (χ1n) is 7.07. The van der Waals surface area contributed by atoms with Crippen LogP contribution in [0.15, 0.2) is 36.4 Å². The normalized spacial score (nSPS) is 14.0. The van der Waals surface area contributed by atoms with Crippen molar-refractivity contribution < 1.29 is 18.3 Å². The molecule has 0 aromatic heterocycles. The number of halogens is 2. The van der Waals surface area contributed by atoms with Crippen LogP contribution in [0.1, 0.15) is 16.7 Å². The molecule has 2 aromatic carbocycles. The lowest BCUT2D eigenvalue weighted by molar-refractivity contribution is -0.120. The summed E-state index contributed by atoms with van der Waals surface area (Å²) >= 11 is 0. The Balaban J connectivity index is 1.76. The fraction of sp³-hybridized carbons (Fsp3) is 0.235. The largest absolute Gasteiger partial charge is 0.489 e.